The van der Waals surface area contributed by atoms with E-state index in [4.69, 9.17) is 5.73 Å². The third-order valence-corrected chi connectivity index (χ3v) is 3.74. The molecule has 1 rings (SSSR count). The van der Waals surface area contributed by atoms with Gasteiger partial charge in [-0.1, -0.05) is 25.7 Å². The third kappa shape index (κ3) is 8.91. The maximum Gasteiger partial charge on any atom is 0.234 e. The summed E-state index contributed by atoms with van der Waals surface area (Å²) in [4.78, 5) is 24.4. The molecule has 0 aromatic carbocycles. The highest BCUT2D eigenvalue weighted by atomic mass is 16.2. The summed E-state index contributed by atoms with van der Waals surface area (Å²) in [5.74, 6) is -0.0425. The average molecular weight is 283 g/mol. The van der Waals surface area contributed by atoms with Gasteiger partial charge in [0.2, 0.25) is 11.8 Å². The van der Waals surface area contributed by atoms with Crippen molar-refractivity contribution >= 4 is 11.8 Å². The van der Waals surface area contributed by atoms with Crippen LogP contribution in [0.3, 0.4) is 0 Å². The molecule has 5 heteroatoms. The molecule has 0 atom stereocenters. The number of likely N-dealkylation sites (tertiary alicyclic amines) is 1. The van der Waals surface area contributed by atoms with Crippen molar-refractivity contribution in [3.63, 3.8) is 0 Å². The molecule has 0 aliphatic carbocycles. The first-order chi connectivity index (χ1) is 9.68. The summed E-state index contributed by atoms with van der Waals surface area (Å²) >= 11 is 0. The summed E-state index contributed by atoms with van der Waals surface area (Å²) in [6.45, 7) is 3.48. The Hall–Kier alpha value is -1.10. The van der Waals surface area contributed by atoms with Crippen molar-refractivity contribution in [2.45, 2.75) is 57.8 Å². The highest BCUT2D eigenvalue weighted by molar-refractivity contribution is 5.78. The molecule has 1 heterocycles. The van der Waals surface area contributed by atoms with Gasteiger partial charge in [-0.2, -0.15) is 0 Å². The zero-order valence-electron chi connectivity index (χ0n) is 12.5. The minimum Gasteiger partial charge on any atom is -0.370 e. The SMILES string of the molecule is NC(=O)CCCCCCCCNC(=O)CN1CCCC1. The van der Waals surface area contributed by atoms with Crippen LogP contribution in [0.5, 0.6) is 0 Å². The van der Waals surface area contributed by atoms with Crippen LogP contribution in [0, 0.1) is 0 Å². The monoisotopic (exact) mass is 283 g/mol. The topological polar surface area (TPSA) is 75.4 Å². The smallest absolute Gasteiger partial charge is 0.234 e. The van der Waals surface area contributed by atoms with Gasteiger partial charge in [-0.05, 0) is 38.8 Å². The van der Waals surface area contributed by atoms with E-state index in [9.17, 15) is 9.59 Å². The number of nitrogens with two attached hydrogens (primary N) is 1. The van der Waals surface area contributed by atoms with Gasteiger partial charge in [-0.3, -0.25) is 14.5 Å². The predicted molar refractivity (Wildman–Crippen MR) is 80.2 cm³/mol. The summed E-state index contributed by atoms with van der Waals surface area (Å²) in [6.07, 6.45) is 9.43. The van der Waals surface area contributed by atoms with E-state index < -0.39 is 0 Å². The maximum atomic E-state index is 11.6. The summed E-state index contributed by atoms with van der Waals surface area (Å²) in [7, 11) is 0. The molecule has 0 saturated carbocycles. The summed E-state index contributed by atoms with van der Waals surface area (Å²) in [5.41, 5.74) is 5.08. The van der Waals surface area contributed by atoms with Crippen LogP contribution in [0.1, 0.15) is 57.8 Å². The molecule has 0 aromatic heterocycles. The van der Waals surface area contributed by atoms with E-state index in [2.05, 4.69) is 10.2 Å². The molecular formula is C15H29N3O2. The summed E-state index contributed by atoms with van der Waals surface area (Å²) in [6, 6.07) is 0. The average Bonchev–Trinajstić information content (AvgIpc) is 2.89. The Balaban J connectivity index is 1.81. The first-order valence-corrected chi connectivity index (χ1v) is 7.96. The number of amides is 2. The Morgan fingerprint density at radius 2 is 1.55 bits per heavy atom. The molecule has 0 spiro atoms. The van der Waals surface area contributed by atoms with Crippen LogP contribution in [0.2, 0.25) is 0 Å². The number of hydrogen-bond donors (Lipinski definition) is 2. The molecule has 20 heavy (non-hydrogen) atoms. The van der Waals surface area contributed by atoms with E-state index >= 15 is 0 Å². The zero-order chi connectivity index (χ0) is 14.6. The zero-order valence-corrected chi connectivity index (χ0v) is 12.5. The largest absolute Gasteiger partial charge is 0.370 e. The van der Waals surface area contributed by atoms with Crippen LogP contribution in [0.4, 0.5) is 0 Å². The van der Waals surface area contributed by atoms with Gasteiger partial charge < -0.3 is 11.1 Å². The molecule has 0 unspecified atom stereocenters. The molecule has 5 nitrogen and oxygen atoms in total. The van der Waals surface area contributed by atoms with Crippen LogP contribution in [-0.2, 0) is 9.59 Å². The maximum absolute atomic E-state index is 11.6. The molecule has 116 valence electrons. The molecule has 1 aliphatic heterocycles. The Morgan fingerprint density at radius 3 is 2.20 bits per heavy atom. The number of nitrogens with zero attached hydrogens (tertiary/aromatic N) is 1. The van der Waals surface area contributed by atoms with E-state index in [0.29, 0.717) is 13.0 Å². The highest BCUT2D eigenvalue weighted by Gasteiger charge is 2.14. The standard InChI is InChI=1S/C15H29N3O2/c16-14(19)9-5-3-1-2-4-6-10-17-15(20)13-18-11-7-8-12-18/h1-13H2,(H2,16,19)(H,17,20). The second-order valence-electron chi connectivity index (χ2n) is 5.67. The van der Waals surface area contributed by atoms with E-state index in [-0.39, 0.29) is 11.8 Å². The fourth-order valence-electron chi connectivity index (χ4n) is 2.56. The van der Waals surface area contributed by atoms with E-state index in [1.807, 2.05) is 0 Å². The molecule has 2 amide bonds. The molecule has 1 fully saturated rings. The number of rotatable bonds is 11. The lowest BCUT2D eigenvalue weighted by atomic mass is 10.1. The van der Waals surface area contributed by atoms with Gasteiger partial charge in [0.1, 0.15) is 0 Å². The van der Waals surface area contributed by atoms with Crippen LogP contribution in [0.15, 0.2) is 0 Å². The lowest BCUT2D eigenvalue weighted by molar-refractivity contribution is -0.122. The highest BCUT2D eigenvalue weighted by Crippen LogP contribution is 2.07. The van der Waals surface area contributed by atoms with Crippen molar-refractivity contribution in [3.8, 4) is 0 Å². The molecule has 3 N–H and O–H groups in total. The van der Waals surface area contributed by atoms with Crippen molar-refractivity contribution in [1.82, 2.24) is 10.2 Å². The van der Waals surface area contributed by atoms with Crippen LogP contribution in [-0.4, -0.2) is 42.9 Å². The Morgan fingerprint density at radius 1 is 0.950 bits per heavy atom. The van der Waals surface area contributed by atoms with Crippen molar-refractivity contribution < 1.29 is 9.59 Å². The first-order valence-electron chi connectivity index (χ1n) is 7.96. The second-order valence-corrected chi connectivity index (χ2v) is 5.67. The van der Waals surface area contributed by atoms with Crippen molar-refractivity contribution in [1.29, 1.82) is 0 Å². The molecule has 1 saturated heterocycles. The van der Waals surface area contributed by atoms with E-state index in [1.165, 1.54) is 19.3 Å². The molecular weight excluding hydrogens is 254 g/mol. The lowest BCUT2D eigenvalue weighted by Gasteiger charge is -2.13. The molecule has 0 bridgehead atoms. The minimum atomic E-state index is -0.203. The molecule has 0 aromatic rings. The van der Waals surface area contributed by atoms with Gasteiger partial charge in [0.25, 0.3) is 0 Å². The number of hydrogen-bond acceptors (Lipinski definition) is 3. The van der Waals surface area contributed by atoms with Gasteiger partial charge in [0.15, 0.2) is 0 Å². The van der Waals surface area contributed by atoms with Gasteiger partial charge in [-0.25, -0.2) is 0 Å². The van der Waals surface area contributed by atoms with Gasteiger partial charge >= 0.3 is 0 Å². The normalized spacial score (nSPS) is 15.4. The summed E-state index contributed by atoms with van der Waals surface area (Å²) in [5, 5.41) is 2.98. The number of unbranched alkanes of at least 4 members (excludes halogenated alkanes) is 5. The third-order valence-electron chi connectivity index (χ3n) is 3.74. The van der Waals surface area contributed by atoms with Crippen molar-refractivity contribution in [2.24, 2.45) is 5.73 Å². The van der Waals surface area contributed by atoms with Crippen LogP contribution < -0.4 is 11.1 Å². The quantitative estimate of drug-likeness (QED) is 0.563. The van der Waals surface area contributed by atoms with Gasteiger partial charge in [0, 0.05) is 13.0 Å². The van der Waals surface area contributed by atoms with Crippen LogP contribution in [0.25, 0.3) is 0 Å². The Labute approximate surface area is 122 Å². The number of nitrogens with one attached hydrogen (secondary N) is 1. The number of carbonyl (C=O) groups is 2. The van der Waals surface area contributed by atoms with E-state index in [0.717, 1.165) is 51.7 Å². The molecule has 1 aliphatic rings. The fourth-order valence-corrected chi connectivity index (χ4v) is 2.56. The fraction of sp³-hybridized carbons (Fsp3) is 0.867. The Bertz CT molecular complexity index is 289. The summed E-state index contributed by atoms with van der Waals surface area (Å²) < 4.78 is 0. The van der Waals surface area contributed by atoms with Gasteiger partial charge in [0.05, 0.1) is 6.54 Å². The number of primary amides is 1. The van der Waals surface area contributed by atoms with Crippen LogP contribution >= 0.6 is 0 Å². The molecule has 0 radical (unpaired) electrons. The number of carbonyl (C=O) groups excluding carboxylic acids is 2. The second kappa shape index (κ2) is 10.7. The lowest BCUT2D eigenvalue weighted by Crippen LogP contribution is -2.36. The van der Waals surface area contributed by atoms with E-state index in [1.54, 1.807) is 0 Å². The first kappa shape index (κ1) is 17.0. The van der Waals surface area contributed by atoms with Crippen molar-refractivity contribution in [2.75, 3.05) is 26.2 Å². The van der Waals surface area contributed by atoms with Crippen molar-refractivity contribution in [3.05, 3.63) is 0 Å². The predicted octanol–water partition coefficient (Wildman–Crippen LogP) is 1.41. The minimum absolute atomic E-state index is 0.161. The Kier molecular flexibility index (Phi) is 9.04. The van der Waals surface area contributed by atoms with Gasteiger partial charge in [-0.15, -0.1) is 0 Å².